The van der Waals surface area contributed by atoms with Gasteiger partial charge in [0.2, 0.25) is 5.91 Å². The Morgan fingerprint density at radius 3 is 2.24 bits per heavy atom. The van der Waals surface area contributed by atoms with Gasteiger partial charge in [-0.2, -0.15) is 5.26 Å². The Morgan fingerprint density at radius 2 is 1.68 bits per heavy atom. The average molecular weight is 456 g/mol. The SMILES string of the molecule is N#Cc1ccc(NC(=O)C(CC(=O)O)NC(=O)OCC2c3ccccc3-c3ccccc32)cn1. The number of ether oxygens (including phenoxy) is 1. The van der Waals surface area contributed by atoms with Crippen LogP contribution < -0.4 is 10.6 Å². The second-order valence-corrected chi connectivity index (χ2v) is 7.65. The third-order valence-electron chi connectivity index (χ3n) is 5.48. The van der Waals surface area contributed by atoms with Crippen molar-refractivity contribution >= 4 is 23.7 Å². The predicted molar refractivity (Wildman–Crippen MR) is 122 cm³/mol. The number of carbonyl (C=O) groups excluding carboxylic acids is 2. The van der Waals surface area contributed by atoms with E-state index in [1.165, 1.54) is 18.3 Å². The van der Waals surface area contributed by atoms with Crippen LogP contribution >= 0.6 is 0 Å². The number of pyridine rings is 1. The molecule has 0 saturated heterocycles. The summed E-state index contributed by atoms with van der Waals surface area (Å²) in [6.45, 7) is 0.0286. The van der Waals surface area contributed by atoms with Gasteiger partial charge in [0.1, 0.15) is 24.4 Å². The molecule has 9 nitrogen and oxygen atoms in total. The lowest BCUT2D eigenvalue weighted by Gasteiger charge is -2.18. The number of carboxylic acids is 1. The summed E-state index contributed by atoms with van der Waals surface area (Å²) in [5.74, 6) is -2.19. The minimum absolute atomic E-state index is 0.0286. The van der Waals surface area contributed by atoms with Gasteiger partial charge < -0.3 is 20.5 Å². The number of aliphatic carboxylic acids is 1. The molecule has 0 bridgehead atoms. The van der Waals surface area contributed by atoms with Crippen molar-refractivity contribution in [1.82, 2.24) is 10.3 Å². The number of anilines is 1. The number of hydrogen-bond donors (Lipinski definition) is 3. The Bertz CT molecular complexity index is 1240. The lowest BCUT2D eigenvalue weighted by atomic mass is 9.98. The van der Waals surface area contributed by atoms with Crippen LogP contribution in [0.4, 0.5) is 10.5 Å². The summed E-state index contributed by atoms with van der Waals surface area (Å²) in [5, 5.41) is 22.8. The standard InChI is InChI=1S/C25H20N4O5/c26-12-15-9-10-16(13-27-15)28-24(32)22(11-23(30)31)29-25(33)34-14-21-19-7-3-1-5-17(19)18-6-2-4-8-20(18)21/h1-10,13,21-22H,11,14H2,(H,28,32)(H,29,33)(H,30,31). The Morgan fingerprint density at radius 1 is 1.03 bits per heavy atom. The molecule has 2 aromatic carbocycles. The van der Waals surface area contributed by atoms with Crippen LogP contribution in [0.1, 0.15) is 29.2 Å². The van der Waals surface area contributed by atoms with Crippen LogP contribution in [0.25, 0.3) is 11.1 Å². The Hall–Kier alpha value is -4.71. The van der Waals surface area contributed by atoms with E-state index < -0.39 is 30.4 Å². The summed E-state index contributed by atoms with van der Waals surface area (Å²) in [6.07, 6.45) is -0.275. The van der Waals surface area contributed by atoms with Crippen molar-refractivity contribution in [3.63, 3.8) is 0 Å². The van der Waals surface area contributed by atoms with Gasteiger partial charge >= 0.3 is 12.1 Å². The van der Waals surface area contributed by atoms with E-state index in [0.29, 0.717) is 0 Å². The molecule has 1 atom stereocenters. The Kier molecular flexibility index (Phi) is 6.50. The second kappa shape index (κ2) is 9.83. The average Bonchev–Trinajstić information content (AvgIpc) is 3.16. The van der Waals surface area contributed by atoms with Crippen LogP contribution in [0.5, 0.6) is 0 Å². The maximum absolute atomic E-state index is 12.6. The maximum Gasteiger partial charge on any atom is 0.407 e. The molecule has 3 N–H and O–H groups in total. The fourth-order valence-electron chi connectivity index (χ4n) is 3.93. The quantitative estimate of drug-likeness (QED) is 0.495. The number of nitrogens with one attached hydrogen (secondary N) is 2. The fourth-order valence-corrected chi connectivity index (χ4v) is 3.93. The van der Waals surface area contributed by atoms with Gasteiger partial charge in [-0.1, -0.05) is 48.5 Å². The first-order chi connectivity index (χ1) is 16.5. The van der Waals surface area contributed by atoms with E-state index in [0.717, 1.165) is 22.3 Å². The summed E-state index contributed by atoms with van der Waals surface area (Å²) < 4.78 is 5.41. The highest BCUT2D eigenvalue weighted by Crippen LogP contribution is 2.44. The van der Waals surface area contributed by atoms with Gasteiger partial charge in [-0.15, -0.1) is 0 Å². The molecule has 2 amide bonds. The smallest absolute Gasteiger partial charge is 0.407 e. The highest BCUT2D eigenvalue weighted by molar-refractivity contribution is 5.98. The van der Waals surface area contributed by atoms with Crippen LogP contribution in [-0.4, -0.2) is 40.7 Å². The largest absolute Gasteiger partial charge is 0.481 e. The van der Waals surface area contributed by atoms with Gasteiger partial charge in [0.25, 0.3) is 0 Å². The van der Waals surface area contributed by atoms with E-state index in [9.17, 15) is 19.5 Å². The van der Waals surface area contributed by atoms with Crippen molar-refractivity contribution in [3.05, 3.63) is 83.7 Å². The zero-order valence-corrected chi connectivity index (χ0v) is 17.9. The molecule has 4 rings (SSSR count). The topological polar surface area (TPSA) is 141 Å². The number of benzene rings is 2. The summed E-state index contributed by atoms with van der Waals surface area (Å²) in [7, 11) is 0. The van der Waals surface area contributed by atoms with Crippen molar-refractivity contribution < 1.29 is 24.2 Å². The van der Waals surface area contributed by atoms with E-state index in [1.54, 1.807) is 0 Å². The molecule has 9 heteroatoms. The number of carboxylic acid groups (broad SMARTS) is 1. The van der Waals surface area contributed by atoms with Crippen LogP contribution in [-0.2, 0) is 14.3 Å². The summed E-state index contributed by atoms with van der Waals surface area (Å²) in [6, 6.07) is 19.1. The zero-order valence-electron chi connectivity index (χ0n) is 17.9. The van der Waals surface area contributed by atoms with Crippen molar-refractivity contribution in [2.24, 2.45) is 0 Å². The third-order valence-corrected chi connectivity index (χ3v) is 5.48. The molecule has 3 aromatic rings. The van der Waals surface area contributed by atoms with E-state index in [-0.39, 0.29) is 23.9 Å². The third kappa shape index (κ3) is 4.86. The Balaban J connectivity index is 1.42. The first-order valence-electron chi connectivity index (χ1n) is 10.5. The van der Waals surface area contributed by atoms with E-state index in [1.807, 2.05) is 54.6 Å². The molecule has 0 saturated carbocycles. The number of amides is 2. The molecule has 1 heterocycles. The first kappa shape index (κ1) is 22.5. The highest BCUT2D eigenvalue weighted by atomic mass is 16.5. The van der Waals surface area contributed by atoms with Gasteiger partial charge in [0.15, 0.2) is 0 Å². The van der Waals surface area contributed by atoms with Crippen LogP contribution in [0.2, 0.25) is 0 Å². The number of rotatable bonds is 7. The number of hydrogen-bond acceptors (Lipinski definition) is 6. The van der Waals surface area contributed by atoms with Crippen molar-refractivity contribution in [2.75, 3.05) is 11.9 Å². The number of aromatic nitrogens is 1. The summed E-state index contributed by atoms with van der Waals surface area (Å²) in [4.78, 5) is 40.2. The van der Waals surface area contributed by atoms with Crippen molar-refractivity contribution in [3.8, 4) is 17.2 Å². The second-order valence-electron chi connectivity index (χ2n) is 7.65. The zero-order chi connectivity index (χ0) is 24.1. The Labute approximate surface area is 195 Å². The van der Waals surface area contributed by atoms with Gasteiger partial charge in [-0.05, 0) is 34.4 Å². The van der Waals surface area contributed by atoms with Gasteiger partial charge in [-0.3, -0.25) is 9.59 Å². The number of alkyl carbamates (subject to hydrolysis) is 1. The summed E-state index contributed by atoms with van der Waals surface area (Å²) in [5.41, 5.74) is 4.64. The minimum Gasteiger partial charge on any atom is -0.481 e. The number of carbonyl (C=O) groups is 3. The number of nitrogens with zero attached hydrogens (tertiary/aromatic N) is 2. The van der Waals surface area contributed by atoms with Crippen LogP contribution in [0.15, 0.2) is 66.9 Å². The predicted octanol–water partition coefficient (Wildman–Crippen LogP) is 3.27. The number of nitriles is 1. The fraction of sp³-hybridized carbons (Fsp3) is 0.160. The minimum atomic E-state index is -1.37. The van der Waals surface area contributed by atoms with Gasteiger partial charge in [0, 0.05) is 5.92 Å². The van der Waals surface area contributed by atoms with E-state index >= 15 is 0 Å². The van der Waals surface area contributed by atoms with Crippen LogP contribution in [0.3, 0.4) is 0 Å². The molecular formula is C25H20N4O5. The molecular weight excluding hydrogens is 436 g/mol. The molecule has 0 fully saturated rings. The van der Waals surface area contributed by atoms with Gasteiger partial charge in [-0.25, -0.2) is 9.78 Å². The van der Waals surface area contributed by atoms with Crippen molar-refractivity contribution in [2.45, 2.75) is 18.4 Å². The molecule has 34 heavy (non-hydrogen) atoms. The van der Waals surface area contributed by atoms with Crippen LogP contribution in [0, 0.1) is 11.3 Å². The number of fused-ring (bicyclic) bond motifs is 3. The molecule has 1 unspecified atom stereocenters. The highest BCUT2D eigenvalue weighted by Gasteiger charge is 2.30. The molecule has 1 aromatic heterocycles. The van der Waals surface area contributed by atoms with Crippen molar-refractivity contribution in [1.29, 1.82) is 5.26 Å². The molecule has 0 spiro atoms. The normalized spacial score (nSPS) is 12.6. The lowest BCUT2D eigenvalue weighted by Crippen LogP contribution is -2.45. The van der Waals surface area contributed by atoms with E-state index in [2.05, 4.69) is 15.6 Å². The molecule has 0 aliphatic heterocycles. The molecule has 170 valence electrons. The monoisotopic (exact) mass is 456 g/mol. The summed E-state index contributed by atoms with van der Waals surface area (Å²) >= 11 is 0. The molecule has 0 radical (unpaired) electrons. The van der Waals surface area contributed by atoms with E-state index in [4.69, 9.17) is 10.00 Å². The first-order valence-corrected chi connectivity index (χ1v) is 10.5. The maximum atomic E-state index is 12.6. The molecule has 1 aliphatic rings. The lowest BCUT2D eigenvalue weighted by molar-refractivity contribution is -0.139. The van der Waals surface area contributed by atoms with Gasteiger partial charge in [0.05, 0.1) is 18.3 Å². The molecule has 1 aliphatic carbocycles.